The van der Waals surface area contributed by atoms with Gasteiger partial charge in [0, 0.05) is 20.1 Å². The Hall–Kier alpha value is -1.15. The minimum absolute atomic E-state index is 0.246. The molecule has 1 N–H and O–H groups in total. The number of carbonyl (C=O) groups excluding carboxylic acids is 1. The standard InChI is InChI=1S/C15H22ClN3O3S/c1-18(23(21,22)19-10-6-2-3-7-11-19)12-15(20)17-14-9-5-4-8-13(14)16/h4-5,8-9H,2-3,6-7,10-12H2,1H3,(H,17,20). The van der Waals surface area contributed by atoms with Gasteiger partial charge in [0.15, 0.2) is 0 Å². The SMILES string of the molecule is CN(CC(=O)Nc1ccccc1Cl)S(=O)(=O)N1CCCCCC1. The fraction of sp³-hybridized carbons (Fsp3) is 0.533. The fourth-order valence-electron chi connectivity index (χ4n) is 2.51. The molecular weight excluding hydrogens is 338 g/mol. The van der Waals surface area contributed by atoms with Gasteiger partial charge in [0.2, 0.25) is 5.91 Å². The van der Waals surface area contributed by atoms with E-state index in [1.807, 2.05) is 0 Å². The zero-order valence-corrected chi connectivity index (χ0v) is 14.7. The third-order valence-corrected chi connectivity index (χ3v) is 6.06. The molecule has 0 aliphatic carbocycles. The molecular formula is C15H22ClN3O3S. The topological polar surface area (TPSA) is 69.7 Å². The van der Waals surface area contributed by atoms with Crippen LogP contribution in [-0.2, 0) is 15.0 Å². The van der Waals surface area contributed by atoms with Gasteiger partial charge in [-0.1, -0.05) is 36.6 Å². The Kier molecular flexibility index (Phi) is 6.41. The molecule has 1 amide bonds. The van der Waals surface area contributed by atoms with Gasteiger partial charge in [-0.05, 0) is 25.0 Å². The summed E-state index contributed by atoms with van der Waals surface area (Å²) in [6.07, 6.45) is 3.81. The largest absolute Gasteiger partial charge is 0.324 e. The summed E-state index contributed by atoms with van der Waals surface area (Å²) in [5.74, 6) is -0.418. The van der Waals surface area contributed by atoms with Gasteiger partial charge in [-0.25, -0.2) is 0 Å². The van der Waals surface area contributed by atoms with E-state index >= 15 is 0 Å². The van der Waals surface area contributed by atoms with E-state index in [9.17, 15) is 13.2 Å². The molecule has 8 heteroatoms. The monoisotopic (exact) mass is 359 g/mol. The number of rotatable bonds is 5. The number of hydrogen-bond donors (Lipinski definition) is 1. The lowest BCUT2D eigenvalue weighted by Crippen LogP contribution is -2.45. The van der Waals surface area contributed by atoms with Gasteiger partial charge in [0.1, 0.15) is 0 Å². The van der Waals surface area contributed by atoms with Crippen molar-refractivity contribution in [2.75, 3.05) is 32.0 Å². The molecule has 0 bridgehead atoms. The van der Waals surface area contributed by atoms with Crippen molar-refractivity contribution in [2.45, 2.75) is 25.7 Å². The zero-order valence-electron chi connectivity index (χ0n) is 13.2. The molecule has 0 unspecified atom stereocenters. The maximum absolute atomic E-state index is 12.5. The van der Waals surface area contributed by atoms with Crippen LogP contribution in [0.4, 0.5) is 5.69 Å². The summed E-state index contributed by atoms with van der Waals surface area (Å²) in [5, 5.41) is 3.05. The van der Waals surface area contributed by atoms with Crippen LogP contribution in [0.2, 0.25) is 5.02 Å². The number of hydrogen-bond acceptors (Lipinski definition) is 3. The highest BCUT2D eigenvalue weighted by Gasteiger charge is 2.28. The van der Waals surface area contributed by atoms with Crippen LogP contribution < -0.4 is 5.32 Å². The van der Waals surface area contributed by atoms with Gasteiger partial charge >= 0.3 is 0 Å². The van der Waals surface area contributed by atoms with Gasteiger partial charge in [-0.15, -0.1) is 0 Å². The van der Waals surface area contributed by atoms with E-state index in [4.69, 9.17) is 11.6 Å². The van der Waals surface area contributed by atoms with Gasteiger partial charge < -0.3 is 5.32 Å². The third kappa shape index (κ3) is 4.91. The highest BCUT2D eigenvalue weighted by molar-refractivity contribution is 7.86. The predicted octanol–water partition coefficient (Wildman–Crippen LogP) is 2.33. The van der Waals surface area contributed by atoms with Crippen molar-refractivity contribution in [3.05, 3.63) is 29.3 Å². The number of likely N-dealkylation sites (N-methyl/N-ethyl adjacent to an activating group) is 1. The number of benzene rings is 1. The molecule has 0 spiro atoms. The molecule has 128 valence electrons. The van der Waals surface area contributed by atoms with Crippen LogP contribution in [0.3, 0.4) is 0 Å². The van der Waals surface area contributed by atoms with Crippen LogP contribution in [0, 0.1) is 0 Å². The molecule has 23 heavy (non-hydrogen) atoms. The van der Waals surface area contributed by atoms with E-state index in [0.29, 0.717) is 23.8 Å². The van der Waals surface area contributed by atoms with Crippen molar-refractivity contribution in [3.63, 3.8) is 0 Å². The van der Waals surface area contributed by atoms with E-state index in [1.165, 1.54) is 11.4 Å². The van der Waals surface area contributed by atoms with Crippen LogP contribution in [0.5, 0.6) is 0 Å². The number of halogens is 1. The predicted molar refractivity (Wildman–Crippen MR) is 91.7 cm³/mol. The summed E-state index contributed by atoms with van der Waals surface area (Å²) >= 11 is 5.98. The summed E-state index contributed by atoms with van der Waals surface area (Å²) < 4.78 is 27.6. The minimum atomic E-state index is -3.61. The van der Waals surface area contributed by atoms with Gasteiger partial charge in [0.05, 0.1) is 17.3 Å². The first-order chi connectivity index (χ1) is 10.9. The molecule has 1 aliphatic heterocycles. The van der Waals surface area contributed by atoms with Gasteiger partial charge in [-0.2, -0.15) is 17.0 Å². The summed E-state index contributed by atoms with van der Waals surface area (Å²) in [7, 11) is -2.19. The Balaban J connectivity index is 1.98. The summed E-state index contributed by atoms with van der Waals surface area (Å²) in [6.45, 7) is 0.779. The molecule has 0 atom stereocenters. The molecule has 1 aromatic rings. The zero-order chi connectivity index (χ0) is 16.9. The van der Waals surface area contributed by atoms with E-state index in [-0.39, 0.29) is 6.54 Å². The van der Waals surface area contributed by atoms with Crippen molar-refractivity contribution in [2.24, 2.45) is 0 Å². The Bertz CT molecular complexity index is 643. The number of nitrogens with zero attached hydrogens (tertiary/aromatic N) is 2. The molecule has 0 aromatic heterocycles. The normalized spacial score (nSPS) is 17.0. The second-order valence-electron chi connectivity index (χ2n) is 5.61. The molecule has 1 aromatic carbocycles. The van der Waals surface area contributed by atoms with Crippen LogP contribution in [-0.4, -0.2) is 49.6 Å². The maximum Gasteiger partial charge on any atom is 0.282 e. The molecule has 6 nitrogen and oxygen atoms in total. The molecule has 0 saturated carbocycles. The first-order valence-electron chi connectivity index (χ1n) is 7.67. The Morgan fingerprint density at radius 3 is 2.43 bits per heavy atom. The van der Waals surface area contributed by atoms with Crippen LogP contribution >= 0.6 is 11.6 Å². The lowest BCUT2D eigenvalue weighted by Gasteiger charge is -2.26. The van der Waals surface area contributed by atoms with Gasteiger partial charge in [-0.3, -0.25) is 4.79 Å². The molecule has 0 radical (unpaired) electrons. The smallest absolute Gasteiger partial charge is 0.282 e. The fourth-order valence-corrected chi connectivity index (χ4v) is 4.08. The highest BCUT2D eigenvalue weighted by Crippen LogP contribution is 2.20. The number of carbonyl (C=O) groups is 1. The number of amides is 1. The van der Waals surface area contributed by atoms with E-state index in [2.05, 4.69) is 5.32 Å². The highest BCUT2D eigenvalue weighted by atomic mass is 35.5. The van der Waals surface area contributed by atoms with Crippen molar-refractivity contribution in [3.8, 4) is 0 Å². The number of anilines is 1. The first-order valence-corrected chi connectivity index (χ1v) is 9.44. The number of para-hydroxylation sites is 1. The van der Waals surface area contributed by atoms with E-state index in [0.717, 1.165) is 30.0 Å². The molecule has 1 fully saturated rings. The first kappa shape index (κ1) is 18.2. The Morgan fingerprint density at radius 2 is 1.83 bits per heavy atom. The molecule has 1 aliphatic rings. The van der Waals surface area contributed by atoms with Crippen molar-refractivity contribution >= 4 is 33.4 Å². The molecule has 1 saturated heterocycles. The van der Waals surface area contributed by atoms with Crippen LogP contribution in [0.15, 0.2) is 24.3 Å². The quantitative estimate of drug-likeness (QED) is 0.877. The summed E-state index contributed by atoms with van der Waals surface area (Å²) in [4.78, 5) is 12.1. The van der Waals surface area contributed by atoms with Gasteiger partial charge in [0.25, 0.3) is 10.2 Å². The number of nitrogens with one attached hydrogen (secondary N) is 1. The Morgan fingerprint density at radius 1 is 1.22 bits per heavy atom. The molecule has 2 rings (SSSR count). The van der Waals surface area contributed by atoms with Crippen molar-refractivity contribution < 1.29 is 13.2 Å². The summed E-state index contributed by atoms with van der Waals surface area (Å²) in [6, 6.07) is 6.84. The van der Waals surface area contributed by atoms with Crippen LogP contribution in [0.1, 0.15) is 25.7 Å². The second-order valence-corrected chi connectivity index (χ2v) is 8.05. The van der Waals surface area contributed by atoms with Crippen LogP contribution in [0.25, 0.3) is 0 Å². The second kappa shape index (κ2) is 8.10. The van der Waals surface area contributed by atoms with E-state index < -0.39 is 16.1 Å². The third-order valence-electron chi connectivity index (χ3n) is 3.80. The average Bonchev–Trinajstić information content (AvgIpc) is 2.79. The van der Waals surface area contributed by atoms with Crippen molar-refractivity contribution in [1.29, 1.82) is 0 Å². The maximum atomic E-state index is 12.5. The minimum Gasteiger partial charge on any atom is -0.324 e. The summed E-state index contributed by atoms with van der Waals surface area (Å²) in [5.41, 5.74) is 0.472. The van der Waals surface area contributed by atoms with Crippen molar-refractivity contribution in [1.82, 2.24) is 8.61 Å². The van der Waals surface area contributed by atoms with E-state index in [1.54, 1.807) is 24.3 Å². The lowest BCUT2D eigenvalue weighted by atomic mass is 10.2. The Labute approximate surface area is 142 Å². The average molecular weight is 360 g/mol. The molecule has 1 heterocycles. The lowest BCUT2D eigenvalue weighted by molar-refractivity contribution is -0.116.